The lowest BCUT2D eigenvalue weighted by Crippen LogP contribution is -2.37. The average Bonchev–Trinajstić information content (AvgIpc) is 2.68. The molecule has 2 amide bonds. The third-order valence-electron chi connectivity index (χ3n) is 4.47. The summed E-state index contributed by atoms with van der Waals surface area (Å²) in [5, 5.41) is 2.83. The Bertz CT molecular complexity index is 788. The van der Waals surface area contributed by atoms with Gasteiger partial charge in [-0.15, -0.1) is 0 Å². The van der Waals surface area contributed by atoms with E-state index in [1.807, 2.05) is 36.1 Å². The predicted molar refractivity (Wildman–Crippen MR) is 102 cm³/mol. The first kappa shape index (κ1) is 18.0. The minimum absolute atomic E-state index is 0.0375. The molecule has 5 heteroatoms. The number of nitrogens with one attached hydrogen (secondary N) is 1. The van der Waals surface area contributed by atoms with Crippen LogP contribution in [0.5, 0.6) is 5.75 Å². The fraction of sp³-hybridized carbons (Fsp3) is 0.333. The molecule has 0 unspecified atom stereocenters. The molecule has 0 spiro atoms. The lowest BCUT2D eigenvalue weighted by molar-refractivity contribution is -0.118. The quantitative estimate of drug-likeness (QED) is 0.869. The third kappa shape index (κ3) is 4.04. The van der Waals surface area contributed by atoms with E-state index in [0.717, 1.165) is 25.1 Å². The first-order valence-electron chi connectivity index (χ1n) is 9.09. The van der Waals surface area contributed by atoms with Crippen LogP contribution in [0.4, 0.5) is 5.69 Å². The van der Waals surface area contributed by atoms with Gasteiger partial charge in [0, 0.05) is 25.2 Å². The molecule has 1 heterocycles. The number of rotatable bonds is 6. The van der Waals surface area contributed by atoms with Crippen molar-refractivity contribution in [1.82, 2.24) is 5.32 Å². The van der Waals surface area contributed by atoms with Crippen LogP contribution in [-0.4, -0.2) is 31.5 Å². The number of para-hydroxylation sites is 2. The standard InChI is InChI=1S/C21H24N2O3/c1-2-26-19-12-6-4-10-17(19)21(25)22-14-13-20(24)23-15-7-9-16-8-3-5-11-18(16)23/h3-6,8,10-12H,2,7,9,13-15H2,1H3,(H,22,25). The number of aryl methyl sites for hydroxylation is 1. The lowest BCUT2D eigenvalue weighted by atomic mass is 10.0. The highest BCUT2D eigenvalue weighted by atomic mass is 16.5. The van der Waals surface area contributed by atoms with Crippen molar-refractivity contribution in [3.8, 4) is 5.75 Å². The number of nitrogens with zero attached hydrogens (tertiary/aromatic N) is 1. The first-order chi connectivity index (χ1) is 12.7. The molecule has 0 saturated carbocycles. The zero-order valence-corrected chi connectivity index (χ0v) is 15.0. The number of fused-ring (bicyclic) bond motifs is 1. The number of anilines is 1. The Balaban J connectivity index is 1.57. The topological polar surface area (TPSA) is 58.6 Å². The lowest BCUT2D eigenvalue weighted by Gasteiger charge is -2.29. The van der Waals surface area contributed by atoms with E-state index in [1.165, 1.54) is 5.56 Å². The van der Waals surface area contributed by atoms with Crippen LogP contribution in [0.2, 0.25) is 0 Å². The molecular formula is C21H24N2O3. The molecule has 1 aliphatic heterocycles. The fourth-order valence-electron chi connectivity index (χ4n) is 3.24. The van der Waals surface area contributed by atoms with Gasteiger partial charge in [0.15, 0.2) is 0 Å². The summed E-state index contributed by atoms with van der Waals surface area (Å²) in [5.74, 6) is 0.375. The van der Waals surface area contributed by atoms with E-state index in [9.17, 15) is 9.59 Å². The van der Waals surface area contributed by atoms with Crippen molar-refractivity contribution < 1.29 is 14.3 Å². The Hall–Kier alpha value is -2.82. The Morgan fingerprint density at radius 3 is 2.73 bits per heavy atom. The Morgan fingerprint density at radius 2 is 1.88 bits per heavy atom. The second-order valence-corrected chi connectivity index (χ2v) is 6.21. The molecule has 0 bridgehead atoms. The second-order valence-electron chi connectivity index (χ2n) is 6.21. The molecular weight excluding hydrogens is 328 g/mol. The Morgan fingerprint density at radius 1 is 1.12 bits per heavy atom. The minimum Gasteiger partial charge on any atom is -0.493 e. The summed E-state index contributed by atoms with van der Waals surface area (Å²) in [4.78, 5) is 26.8. The SMILES string of the molecule is CCOc1ccccc1C(=O)NCCC(=O)N1CCCc2ccccc21. The van der Waals surface area contributed by atoms with Crippen LogP contribution in [0, 0.1) is 0 Å². The van der Waals surface area contributed by atoms with Gasteiger partial charge in [-0.3, -0.25) is 9.59 Å². The molecule has 0 atom stereocenters. The molecule has 26 heavy (non-hydrogen) atoms. The highest BCUT2D eigenvalue weighted by molar-refractivity contribution is 5.98. The summed E-state index contributed by atoms with van der Waals surface area (Å²) in [6.45, 7) is 3.41. The normalized spacial score (nSPS) is 13.0. The van der Waals surface area contributed by atoms with Gasteiger partial charge in [-0.05, 0) is 43.5 Å². The van der Waals surface area contributed by atoms with E-state index in [2.05, 4.69) is 11.4 Å². The van der Waals surface area contributed by atoms with E-state index >= 15 is 0 Å². The van der Waals surface area contributed by atoms with Crippen LogP contribution >= 0.6 is 0 Å². The maximum atomic E-state index is 12.6. The molecule has 1 N–H and O–H groups in total. The number of hydrogen-bond donors (Lipinski definition) is 1. The molecule has 2 aromatic rings. The highest BCUT2D eigenvalue weighted by Crippen LogP contribution is 2.27. The van der Waals surface area contributed by atoms with Crippen molar-refractivity contribution in [2.45, 2.75) is 26.2 Å². The van der Waals surface area contributed by atoms with Gasteiger partial charge >= 0.3 is 0 Å². The second kappa shape index (κ2) is 8.52. The van der Waals surface area contributed by atoms with Gasteiger partial charge in [0.1, 0.15) is 5.75 Å². The van der Waals surface area contributed by atoms with Crippen molar-refractivity contribution in [2.75, 3.05) is 24.6 Å². The largest absolute Gasteiger partial charge is 0.493 e. The summed E-state index contributed by atoms with van der Waals surface area (Å²) in [7, 11) is 0. The van der Waals surface area contributed by atoms with E-state index < -0.39 is 0 Å². The molecule has 5 nitrogen and oxygen atoms in total. The van der Waals surface area contributed by atoms with E-state index in [1.54, 1.807) is 18.2 Å². The first-order valence-corrected chi connectivity index (χ1v) is 9.09. The van der Waals surface area contributed by atoms with Crippen molar-refractivity contribution in [2.24, 2.45) is 0 Å². The van der Waals surface area contributed by atoms with Gasteiger partial charge in [0.05, 0.1) is 12.2 Å². The molecule has 0 saturated heterocycles. The zero-order valence-electron chi connectivity index (χ0n) is 15.0. The average molecular weight is 352 g/mol. The number of hydrogen-bond acceptors (Lipinski definition) is 3. The Labute approximate surface area is 154 Å². The van der Waals surface area contributed by atoms with Crippen LogP contribution in [0.3, 0.4) is 0 Å². The number of amides is 2. The van der Waals surface area contributed by atoms with Gasteiger partial charge in [-0.25, -0.2) is 0 Å². The summed E-state index contributed by atoms with van der Waals surface area (Å²) in [5.41, 5.74) is 2.70. The van der Waals surface area contributed by atoms with Crippen LogP contribution in [0.25, 0.3) is 0 Å². The van der Waals surface area contributed by atoms with E-state index in [4.69, 9.17) is 4.74 Å². The van der Waals surface area contributed by atoms with E-state index in [0.29, 0.717) is 24.5 Å². The monoisotopic (exact) mass is 352 g/mol. The van der Waals surface area contributed by atoms with Gasteiger partial charge in [0.2, 0.25) is 5.91 Å². The predicted octanol–water partition coefficient (Wildman–Crippen LogP) is 3.18. The fourth-order valence-corrected chi connectivity index (χ4v) is 3.24. The number of carbonyl (C=O) groups is 2. The summed E-state index contributed by atoms with van der Waals surface area (Å²) in [6, 6.07) is 15.1. The maximum Gasteiger partial charge on any atom is 0.255 e. The van der Waals surface area contributed by atoms with Gasteiger partial charge < -0.3 is 15.0 Å². The maximum absolute atomic E-state index is 12.6. The van der Waals surface area contributed by atoms with Crippen molar-refractivity contribution in [3.05, 3.63) is 59.7 Å². The molecule has 2 aromatic carbocycles. The molecule has 0 aromatic heterocycles. The molecule has 0 radical (unpaired) electrons. The van der Waals surface area contributed by atoms with Crippen molar-refractivity contribution in [1.29, 1.82) is 0 Å². The minimum atomic E-state index is -0.221. The zero-order chi connectivity index (χ0) is 18.4. The van der Waals surface area contributed by atoms with Crippen LogP contribution in [-0.2, 0) is 11.2 Å². The molecule has 0 fully saturated rings. The van der Waals surface area contributed by atoms with Crippen LogP contribution < -0.4 is 15.0 Å². The van der Waals surface area contributed by atoms with Crippen LogP contribution in [0.1, 0.15) is 35.7 Å². The van der Waals surface area contributed by atoms with Crippen LogP contribution in [0.15, 0.2) is 48.5 Å². The summed E-state index contributed by atoms with van der Waals surface area (Å²) < 4.78 is 5.48. The number of carbonyl (C=O) groups excluding carboxylic acids is 2. The van der Waals surface area contributed by atoms with Gasteiger partial charge in [-0.1, -0.05) is 30.3 Å². The molecule has 1 aliphatic rings. The summed E-state index contributed by atoms with van der Waals surface area (Å²) in [6.07, 6.45) is 2.25. The Kier molecular flexibility index (Phi) is 5.89. The van der Waals surface area contributed by atoms with Crippen molar-refractivity contribution in [3.63, 3.8) is 0 Å². The number of benzene rings is 2. The summed E-state index contributed by atoms with van der Waals surface area (Å²) >= 11 is 0. The number of ether oxygens (including phenoxy) is 1. The van der Waals surface area contributed by atoms with Crippen molar-refractivity contribution >= 4 is 17.5 Å². The smallest absolute Gasteiger partial charge is 0.255 e. The van der Waals surface area contributed by atoms with Gasteiger partial charge in [0.25, 0.3) is 5.91 Å². The van der Waals surface area contributed by atoms with Gasteiger partial charge in [-0.2, -0.15) is 0 Å². The highest BCUT2D eigenvalue weighted by Gasteiger charge is 2.22. The molecule has 136 valence electrons. The molecule has 0 aliphatic carbocycles. The molecule has 3 rings (SSSR count). The van der Waals surface area contributed by atoms with E-state index in [-0.39, 0.29) is 18.2 Å². The third-order valence-corrected chi connectivity index (χ3v) is 4.47.